The second-order valence-electron chi connectivity index (χ2n) is 7.32. The molecule has 2 aliphatic heterocycles. The van der Waals surface area contributed by atoms with Gasteiger partial charge in [-0.25, -0.2) is 4.98 Å². The van der Waals surface area contributed by atoms with Crippen molar-refractivity contribution in [3.05, 3.63) is 48.2 Å². The van der Waals surface area contributed by atoms with Gasteiger partial charge >= 0.3 is 0 Å². The van der Waals surface area contributed by atoms with Crippen LogP contribution in [0, 0.1) is 5.41 Å². The predicted octanol–water partition coefficient (Wildman–Crippen LogP) is 4.07. The Labute approximate surface area is 131 Å². The summed E-state index contributed by atoms with van der Waals surface area (Å²) in [6.45, 7) is 8.13. The lowest BCUT2D eigenvalue weighted by Crippen LogP contribution is -2.51. The minimum absolute atomic E-state index is 0.290. The van der Waals surface area contributed by atoms with Gasteiger partial charge in [0.15, 0.2) is 5.82 Å². The molecule has 2 aromatic rings. The molecule has 1 fully saturated rings. The summed E-state index contributed by atoms with van der Waals surface area (Å²) < 4.78 is 0. The maximum atomic E-state index is 4.70. The zero-order chi connectivity index (χ0) is 15.1. The van der Waals surface area contributed by atoms with Gasteiger partial charge in [-0.2, -0.15) is 0 Å². The van der Waals surface area contributed by atoms with Crippen LogP contribution in [0.3, 0.4) is 0 Å². The van der Waals surface area contributed by atoms with Crippen LogP contribution in [0.2, 0.25) is 0 Å². The molecule has 0 N–H and O–H groups in total. The molecule has 1 saturated carbocycles. The zero-order valence-corrected chi connectivity index (χ0v) is 13.4. The van der Waals surface area contributed by atoms with E-state index in [9.17, 15) is 0 Å². The number of hydrogen-bond acceptors (Lipinski definition) is 3. The van der Waals surface area contributed by atoms with E-state index in [1.165, 1.54) is 23.4 Å². The van der Waals surface area contributed by atoms with E-state index in [-0.39, 0.29) is 5.41 Å². The maximum Gasteiger partial charge on any atom is 0.154 e. The van der Waals surface area contributed by atoms with Gasteiger partial charge in [0.1, 0.15) is 6.17 Å². The van der Waals surface area contributed by atoms with E-state index in [1.54, 1.807) is 0 Å². The lowest BCUT2D eigenvalue weighted by atomic mass is 9.81. The first-order valence-electron chi connectivity index (χ1n) is 8.22. The van der Waals surface area contributed by atoms with Gasteiger partial charge in [0.2, 0.25) is 0 Å². The molecule has 0 saturated heterocycles. The molecule has 22 heavy (non-hydrogen) atoms. The molecular weight excluding hydrogens is 270 g/mol. The van der Waals surface area contributed by atoms with Gasteiger partial charge < -0.3 is 9.80 Å². The highest BCUT2D eigenvalue weighted by Gasteiger charge is 2.72. The Bertz CT molecular complexity index is 786. The number of pyridine rings is 1. The number of para-hydroxylation sites is 1. The first-order valence-corrected chi connectivity index (χ1v) is 8.22. The molecule has 1 aromatic heterocycles. The number of benzene rings is 1. The lowest BCUT2D eigenvalue weighted by molar-refractivity contribution is 0.358. The SMILES string of the molecule is CCN1c2ncccc2N2c3ccccc3C3(C)CC3(C)C12. The van der Waals surface area contributed by atoms with Crippen molar-refractivity contribution in [3.63, 3.8) is 0 Å². The molecule has 0 amide bonds. The topological polar surface area (TPSA) is 19.4 Å². The van der Waals surface area contributed by atoms with Crippen LogP contribution in [0.15, 0.2) is 42.6 Å². The quantitative estimate of drug-likeness (QED) is 0.789. The van der Waals surface area contributed by atoms with E-state index in [1.807, 2.05) is 6.20 Å². The summed E-state index contributed by atoms with van der Waals surface area (Å²) in [4.78, 5) is 9.73. The minimum atomic E-state index is 0.290. The van der Waals surface area contributed by atoms with E-state index in [0.29, 0.717) is 11.6 Å². The molecule has 1 aliphatic carbocycles. The summed E-state index contributed by atoms with van der Waals surface area (Å²) in [7, 11) is 0. The van der Waals surface area contributed by atoms with Crippen molar-refractivity contribution in [1.29, 1.82) is 0 Å². The minimum Gasteiger partial charge on any atom is -0.334 e. The lowest BCUT2D eigenvalue weighted by Gasteiger charge is -2.44. The van der Waals surface area contributed by atoms with Crippen LogP contribution in [0.1, 0.15) is 32.8 Å². The summed E-state index contributed by atoms with van der Waals surface area (Å²) in [5.74, 6) is 1.14. The zero-order valence-electron chi connectivity index (χ0n) is 13.4. The number of aromatic nitrogens is 1. The molecule has 3 unspecified atom stereocenters. The second-order valence-corrected chi connectivity index (χ2v) is 7.32. The van der Waals surface area contributed by atoms with Gasteiger partial charge in [-0.3, -0.25) is 0 Å². The summed E-state index contributed by atoms with van der Waals surface area (Å²) in [6, 6.07) is 13.2. The van der Waals surface area contributed by atoms with Crippen molar-refractivity contribution in [1.82, 2.24) is 4.98 Å². The molecule has 3 nitrogen and oxygen atoms in total. The number of rotatable bonds is 1. The number of nitrogens with zero attached hydrogens (tertiary/aromatic N) is 3. The van der Waals surface area contributed by atoms with E-state index >= 15 is 0 Å². The van der Waals surface area contributed by atoms with Crippen molar-refractivity contribution in [2.24, 2.45) is 5.41 Å². The Balaban J connectivity index is 1.83. The van der Waals surface area contributed by atoms with Gasteiger partial charge in [0.25, 0.3) is 0 Å². The van der Waals surface area contributed by atoms with Gasteiger partial charge in [-0.15, -0.1) is 0 Å². The monoisotopic (exact) mass is 291 g/mol. The highest BCUT2D eigenvalue weighted by atomic mass is 15.5. The summed E-state index contributed by atoms with van der Waals surface area (Å²) in [5.41, 5.74) is 4.71. The Morgan fingerprint density at radius 2 is 1.91 bits per heavy atom. The maximum absolute atomic E-state index is 4.70. The van der Waals surface area contributed by atoms with Crippen LogP contribution < -0.4 is 9.80 Å². The molecule has 3 heteroatoms. The average Bonchev–Trinajstić information content (AvgIpc) is 2.98. The molecule has 3 atom stereocenters. The average molecular weight is 291 g/mol. The van der Waals surface area contributed by atoms with Gasteiger partial charge in [0, 0.05) is 29.3 Å². The third kappa shape index (κ3) is 1.15. The molecule has 0 radical (unpaired) electrons. The smallest absolute Gasteiger partial charge is 0.154 e. The van der Waals surface area contributed by atoms with Gasteiger partial charge in [-0.05, 0) is 37.1 Å². The first-order chi connectivity index (χ1) is 10.6. The number of hydrogen-bond donors (Lipinski definition) is 0. The molecule has 3 aliphatic rings. The summed E-state index contributed by atoms with van der Waals surface area (Å²) in [6.07, 6.45) is 3.56. The third-order valence-electron chi connectivity index (χ3n) is 6.36. The van der Waals surface area contributed by atoms with E-state index in [4.69, 9.17) is 4.98 Å². The number of anilines is 3. The van der Waals surface area contributed by atoms with Crippen LogP contribution >= 0.6 is 0 Å². The van der Waals surface area contributed by atoms with Gasteiger partial charge in [-0.1, -0.05) is 32.0 Å². The van der Waals surface area contributed by atoms with Crippen LogP contribution in [-0.4, -0.2) is 17.7 Å². The Morgan fingerprint density at radius 1 is 1.14 bits per heavy atom. The highest BCUT2D eigenvalue weighted by molar-refractivity contribution is 5.86. The van der Waals surface area contributed by atoms with E-state index in [2.05, 4.69) is 67.0 Å². The highest BCUT2D eigenvalue weighted by Crippen LogP contribution is 2.74. The molecule has 0 bridgehead atoms. The molecule has 3 heterocycles. The van der Waals surface area contributed by atoms with Gasteiger partial charge in [0.05, 0.1) is 5.69 Å². The summed E-state index contributed by atoms with van der Waals surface area (Å²) >= 11 is 0. The van der Waals surface area contributed by atoms with E-state index in [0.717, 1.165) is 12.4 Å². The third-order valence-corrected chi connectivity index (χ3v) is 6.36. The first kappa shape index (κ1) is 12.5. The Kier molecular flexibility index (Phi) is 2.07. The van der Waals surface area contributed by atoms with Crippen molar-refractivity contribution in [3.8, 4) is 0 Å². The largest absolute Gasteiger partial charge is 0.334 e. The van der Waals surface area contributed by atoms with Crippen LogP contribution in [0.5, 0.6) is 0 Å². The molecule has 5 rings (SSSR count). The fourth-order valence-electron chi connectivity index (χ4n) is 5.02. The molecular formula is C19H21N3. The standard InChI is InChI=1S/C19H21N3/c1-4-21-16-15(10-7-11-20-16)22-14-9-6-5-8-13(14)18(2)12-19(18,3)17(21)22/h5-11,17H,4,12H2,1-3H3. The Hall–Kier alpha value is -2.03. The second kappa shape index (κ2) is 3.65. The molecule has 112 valence electrons. The van der Waals surface area contributed by atoms with Crippen LogP contribution in [0.4, 0.5) is 17.2 Å². The number of fused-ring (bicyclic) bond motifs is 8. The van der Waals surface area contributed by atoms with Crippen molar-refractivity contribution in [2.45, 2.75) is 38.8 Å². The van der Waals surface area contributed by atoms with Crippen LogP contribution in [-0.2, 0) is 5.41 Å². The normalized spacial score (nSPS) is 33.9. The van der Waals surface area contributed by atoms with E-state index < -0.39 is 0 Å². The molecule has 1 aromatic carbocycles. The predicted molar refractivity (Wildman–Crippen MR) is 89.7 cm³/mol. The van der Waals surface area contributed by atoms with Crippen molar-refractivity contribution >= 4 is 17.2 Å². The fraction of sp³-hybridized carbons (Fsp3) is 0.421. The Morgan fingerprint density at radius 3 is 2.73 bits per heavy atom. The fourth-order valence-corrected chi connectivity index (χ4v) is 5.02. The van der Waals surface area contributed by atoms with Crippen molar-refractivity contribution < 1.29 is 0 Å². The van der Waals surface area contributed by atoms with Crippen molar-refractivity contribution in [2.75, 3.05) is 16.3 Å². The molecule has 0 spiro atoms. The van der Waals surface area contributed by atoms with Crippen LogP contribution in [0.25, 0.3) is 0 Å². The summed E-state index contributed by atoms with van der Waals surface area (Å²) in [5, 5.41) is 0.